The Kier molecular flexibility index (Phi) is 4.47. The van der Waals surface area contributed by atoms with E-state index in [4.69, 9.17) is 21.1 Å². The molecule has 2 aromatic heterocycles. The van der Waals surface area contributed by atoms with E-state index in [1.54, 1.807) is 24.4 Å². The largest absolute Gasteiger partial charge is 0.487 e. The third-order valence-corrected chi connectivity index (χ3v) is 3.50. The van der Waals surface area contributed by atoms with Crippen molar-refractivity contribution in [1.82, 2.24) is 15.0 Å². The van der Waals surface area contributed by atoms with Crippen molar-refractivity contribution in [2.45, 2.75) is 18.9 Å². The summed E-state index contributed by atoms with van der Waals surface area (Å²) in [5, 5.41) is 9.44. The molecule has 2 aromatic rings. The summed E-state index contributed by atoms with van der Waals surface area (Å²) < 4.78 is 11.2. The fraction of sp³-hybridized carbons (Fsp3) is 0.333. The first kappa shape index (κ1) is 14.7. The number of ether oxygens (including phenoxy) is 2. The van der Waals surface area contributed by atoms with Crippen LogP contribution in [0.3, 0.4) is 0 Å². The molecule has 0 aliphatic carbocycles. The minimum Gasteiger partial charge on any atom is -0.487 e. The third-order valence-electron chi connectivity index (χ3n) is 3.31. The second-order valence-corrected chi connectivity index (χ2v) is 5.13. The normalized spacial score (nSPS) is 15.3. The van der Waals surface area contributed by atoms with Crippen molar-refractivity contribution in [2.75, 3.05) is 13.2 Å². The van der Waals surface area contributed by atoms with Gasteiger partial charge in [-0.2, -0.15) is 5.26 Å². The second kappa shape index (κ2) is 6.69. The molecule has 0 N–H and O–H groups in total. The fourth-order valence-corrected chi connectivity index (χ4v) is 2.36. The Morgan fingerprint density at radius 1 is 1.18 bits per heavy atom. The SMILES string of the molecule is N#Cc1nc(-c2ccnc(Cl)n2)ccc1OC1CCOCC1. The third kappa shape index (κ3) is 3.32. The number of halogens is 1. The standard InChI is InChI=1S/C15H13ClN4O2/c16-15-18-6-3-12(20-15)11-1-2-14(13(9-17)19-11)22-10-4-7-21-8-5-10/h1-3,6,10H,4-5,7-8H2. The van der Waals surface area contributed by atoms with E-state index in [-0.39, 0.29) is 17.1 Å². The Labute approximate surface area is 132 Å². The summed E-state index contributed by atoms with van der Waals surface area (Å²) in [6.07, 6.45) is 3.23. The smallest absolute Gasteiger partial charge is 0.222 e. The molecular formula is C15H13ClN4O2. The van der Waals surface area contributed by atoms with Crippen LogP contribution in [0.4, 0.5) is 0 Å². The van der Waals surface area contributed by atoms with Gasteiger partial charge in [-0.3, -0.25) is 0 Å². The van der Waals surface area contributed by atoms with E-state index in [2.05, 4.69) is 21.0 Å². The van der Waals surface area contributed by atoms with Crippen LogP contribution < -0.4 is 4.74 Å². The topological polar surface area (TPSA) is 80.9 Å². The molecular weight excluding hydrogens is 304 g/mol. The van der Waals surface area contributed by atoms with Gasteiger partial charge in [0.25, 0.3) is 0 Å². The van der Waals surface area contributed by atoms with Crippen LogP contribution in [0.2, 0.25) is 5.28 Å². The lowest BCUT2D eigenvalue weighted by atomic mass is 10.1. The monoisotopic (exact) mass is 316 g/mol. The van der Waals surface area contributed by atoms with Crippen LogP contribution in [0.1, 0.15) is 18.5 Å². The van der Waals surface area contributed by atoms with Gasteiger partial charge in [0.2, 0.25) is 5.28 Å². The van der Waals surface area contributed by atoms with Gasteiger partial charge in [0.1, 0.15) is 12.2 Å². The number of hydrogen-bond acceptors (Lipinski definition) is 6. The Hall–Kier alpha value is -2.23. The fourth-order valence-electron chi connectivity index (χ4n) is 2.22. The van der Waals surface area contributed by atoms with Gasteiger partial charge in [0, 0.05) is 19.0 Å². The summed E-state index contributed by atoms with van der Waals surface area (Å²) in [7, 11) is 0. The lowest BCUT2D eigenvalue weighted by Gasteiger charge is -2.23. The minimum absolute atomic E-state index is 0.0574. The number of hydrogen-bond donors (Lipinski definition) is 0. The van der Waals surface area contributed by atoms with Crippen molar-refractivity contribution in [3.63, 3.8) is 0 Å². The zero-order chi connectivity index (χ0) is 15.4. The molecule has 0 bridgehead atoms. The summed E-state index contributed by atoms with van der Waals surface area (Å²) in [6.45, 7) is 1.36. The van der Waals surface area contributed by atoms with Crippen LogP contribution in [-0.2, 0) is 4.74 Å². The molecule has 0 unspecified atom stereocenters. The molecule has 1 aliphatic heterocycles. The highest BCUT2D eigenvalue weighted by Crippen LogP contribution is 2.24. The predicted octanol–water partition coefficient (Wildman–Crippen LogP) is 2.62. The molecule has 1 fully saturated rings. The molecule has 112 valence electrons. The first-order valence-electron chi connectivity index (χ1n) is 6.91. The van der Waals surface area contributed by atoms with E-state index in [9.17, 15) is 5.26 Å². The van der Waals surface area contributed by atoms with Crippen molar-refractivity contribution >= 4 is 11.6 Å². The van der Waals surface area contributed by atoms with E-state index < -0.39 is 0 Å². The first-order chi connectivity index (χ1) is 10.8. The Balaban J connectivity index is 1.86. The van der Waals surface area contributed by atoms with E-state index in [1.165, 1.54) is 0 Å². The van der Waals surface area contributed by atoms with Gasteiger partial charge in [-0.25, -0.2) is 15.0 Å². The van der Waals surface area contributed by atoms with Crippen LogP contribution in [0, 0.1) is 11.3 Å². The number of aromatic nitrogens is 3. The van der Waals surface area contributed by atoms with E-state index >= 15 is 0 Å². The Morgan fingerprint density at radius 2 is 1.95 bits per heavy atom. The van der Waals surface area contributed by atoms with Gasteiger partial charge < -0.3 is 9.47 Å². The lowest BCUT2D eigenvalue weighted by molar-refractivity contribution is 0.0253. The molecule has 0 spiro atoms. The van der Waals surface area contributed by atoms with Gasteiger partial charge in [0.15, 0.2) is 11.4 Å². The zero-order valence-electron chi connectivity index (χ0n) is 11.7. The summed E-state index contributed by atoms with van der Waals surface area (Å²) in [5.41, 5.74) is 1.35. The van der Waals surface area contributed by atoms with Gasteiger partial charge in [-0.1, -0.05) is 0 Å². The highest BCUT2D eigenvalue weighted by molar-refractivity contribution is 6.28. The molecule has 6 nitrogen and oxygen atoms in total. The van der Waals surface area contributed by atoms with Gasteiger partial charge >= 0.3 is 0 Å². The molecule has 3 rings (SSSR count). The average Bonchev–Trinajstić information content (AvgIpc) is 2.56. The maximum Gasteiger partial charge on any atom is 0.222 e. The van der Waals surface area contributed by atoms with Crippen molar-refractivity contribution in [2.24, 2.45) is 0 Å². The molecule has 0 radical (unpaired) electrons. The number of pyridine rings is 1. The maximum absolute atomic E-state index is 9.30. The van der Waals surface area contributed by atoms with E-state index in [1.807, 2.05) is 0 Å². The minimum atomic E-state index is 0.0574. The summed E-state index contributed by atoms with van der Waals surface area (Å²) in [5.74, 6) is 0.485. The molecule has 22 heavy (non-hydrogen) atoms. The number of rotatable bonds is 3. The summed E-state index contributed by atoms with van der Waals surface area (Å²) >= 11 is 5.78. The van der Waals surface area contributed by atoms with Crippen LogP contribution in [0.15, 0.2) is 24.4 Å². The first-order valence-corrected chi connectivity index (χ1v) is 7.28. The van der Waals surface area contributed by atoms with Crippen LogP contribution >= 0.6 is 11.6 Å². The predicted molar refractivity (Wildman–Crippen MR) is 79.5 cm³/mol. The molecule has 0 amide bonds. The van der Waals surface area contributed by atoms with Crippen molar-refractivity contribution in [3.05, 3.63) is 35.4 Å². The molecule has 0 aromatic carbocycles. The van der Waals surface area contributed by atoms with Crippen molar-refractivity contribution < 1.29 is 9.47 Å². The quantitative estimate of drug-likeness (QED) is 0.810. The molecule has 7 heteroatoms. The van der Waals surface area contributed by atoms with E-state index in [0.717, 1.165) is 12.8 Å². The number of nitrogens with zero attached hydrogens (tertiary/aromatic N) is 4. The van der Waals surface area contributed by atoms with Gasteiger partial charge in [-0.15, -0.1) is 0 Å². The van der Waals surface area contributed by atoms with Crippen LogP contribution in [0.5, 0.6) is 5.75 Å². The molecule has 0 saturated carbocycles. The summed E-state index contributed by atoms with van der Waals surface area (Å²) in [4.78, 5) is 12.2. The Bertz CT molecular complexity index is 711. The molecule has 1 saturated heterocycles. The highest BCUT2D eigenvalue weighted by Gasteiger charge is 2.18. The van der Waals surface area contributed by atoms with Crippen LogP contribution in [-0.4, -0.2) is 34.3 Å². The maximum atomic E-state index is 9.30. The second-order valence-electron chi connectivity index (χ2n) is 4.80. The molecule has 0 atom stereocenters. The van der Waals surface area contributed by atoms with Crippen LogP contribution in [0.25, 0.3) is 11.4 Å². The van der Waals surface area contributed by atoms with E-state index in [0.29, 0.717) is 30.4 Å². The Morgan fingerprint density at radius 3 is 2.68 bits per heavy atom. The van der Waals surface area contributed by atoms with Crippen molar-refractivity contribution in [3.8, 4) is 23.2 Å². The lowest BCUT2D eigenvalue weighted by Crippen LogP contribution is -2.26. The average molecular weight is 317 g/mol. The van der Waals surface area contributed by atoms with Crippen molar-refractivity contribution in [1.29, 1.82) is 5.26 Å². The number of nitriles is 1. The van der Waals surface area contributed by atoms with Gasteiger partial charge in [-0.05, 0) is 29.8 Å². The zero-order valence-corrected chi connectivity index (χ0v) is 12.5. The summed E-state index contributed by atoms with van der Waals surface area (Å²) in [6, 6.07) is 7.26. The highest BCUT2D eigenvalue weighted by atomic mass is 35.5. The molecule has 3 heterocycles. The van der Waals surface area contributed by atoms with Gasteiger partial charge in [0.05, 0.1) is 24.6 Å². The molecule has 1 aliphatic rings.